The number of carbonyl (C=O) groups excluding carboxylic acids is 1. The van der Waals surface area contributed by atoms with Gasteiger partial charge in [0, 0.05) is 16.5 Å². The summed E-state index contributed by atoms with van der Waals surface area (Å²) in [6.45, 7) is 0. The summed E-state index contributed by atoms with van der Waals surface area (Å²) in [5.41, 5.74) is 13.3. The van der Waals surface area contributed by atoms with E-state index in [2.05, 4.69) is 0 Å². The molecule has 0 bridgehead atoms. The first-order chi connectivity index (χ1) is 10.4. The Morgan fingerprint density at radius 3 is 2.36 bits per heavy atom. The quantitative estimate of drug-likeness (QED) is 0.782. The third kappa shape index (κ3) is 3.91. The molecule has 2 rings (SSSR count). The first kappa shape index (κ1) is 16.6. The lowest BCUT2D eigenvalue weighted by Crippen LogP contribution is -2.38. The van der Waals surface area contributed by atoms with E-state index in [4.69, 9.17) is 34.7 Å². The van der Waals surface area contributed by atoms with Crippen LogP contribution in [0.3, 0.4) is 0 Å². The van der Waals surface area contributed by atoms with E-state index < -0.39 is 11.9 Å². The molecule has 2 aromatic carbocycles. The molecule has 0 spiro atoms. The lowest BCUT2D eigenvalue weighted by atomic mass is 9.95. The Balaban J connectivity index is 2.37. The molecule has 5 N–H and O–H groups in total. The van der Waals surface area contributed by atoms with Crippen LogP contribution < -0.4 is 11.5 Å². The number of phenolic OH excluding ortho intramolecular Hbond substituents is 1. The zero-order valence-electron chi connectivity index (χ0n) is 11.7. The topological polar surface area (TPSA) is 89.3 Å². The van der Waals surface area contributed by atoms with Gasteiger partial charge in [0.25, 0.3) is 0 Å². The highest BCUT2D eigenvalue weighted by Crippen LogP contribution is 2.29. The van der Waals surface area contributed by atoms with Gasteiger partial charge in [-0.3, -0.25) is 4.79 Å². The van der Waals surface area contributed by atoms with Crippen molar-refractivity contribution in [3.63, 3.8) is 0 Å². The van der Waals surface area contributed by atoms with Gasteiger partial charge in [-0.15, -0.1) is 0 Å². The van der Waals surface area contributed by atoms with Gasteiger partial charge in [0.15, 0.2) is 0 Å². The SMILES string of the molecule is NC(=O)[C@@H](N)Cc1ccc(O)cc1Cc1c(Cl)cccc1Cl. The molecule has 2 aromatic rings. The Labute approximate surface area is 138 Å². The molecule has 0 saturated carbocycles. The number of rotatable bonds is 5. The summed E-state index contributed by atoms with van der Waals surface area (Å²) < 4.78 is 0. The zero-order chi connectivity index (χ0) is 16.3. The van der Waals surface area contributed by atoms with Crippen molar-refractivity contribution >= 4 is 29.1 Å². The Kier molecular flexibility index (Phi) is 5.29. The maximum absolute atomic E-state index is 11.2. The van der Waals surface area contributed by atoms with Crippen LogP contribution in [0.5, 0.6) is 5.75 Å². The van der Waals surface area contributed by atoms with E-state index in [1.807, 2.05) is 0 Å². The number of hydrogen-bond acceptors (Lipinski definition) is 3. The number of halogens is 2. The average Bonchev–Trinajstić information content (AvgIpc) is 2.45. The van der Waals surface area contributed by atoms with Gasteiger partial charge in [-0.25, -0.2) is 0 Å². The normalized spacial score (nSPS) is 12.1. The van der Waals surface area contributed by atoms with E-state index in [1.165, 1.54) is 0 Å². The molecule has 0 unspecified atom stereocenters. The Bertz CT molecular complexity index is 684. The summed E-state index contributed by atoms with van der Waals surface area (Å²) in [6, 6.07) is 9.35. The van der Waals surface area contributed by atoms with Crippen LogP contribution in [0.15, 0.2) is 36.4 Å². The second-order valence-electron chi connectivity index (χ2n) is 5.04. The molecule has 22 heavy (non-hydrogen) atoms. The first-order valence-electron chi connectivity index (χ1n) is 6.67. The summed E-state index contributed by atoms with van der Waals surface area (Å²) in [5, 5.41) is 10.8. The van der Waals surface area contributed by atoms with Crippen LogP contribution >= 0.6 is 23.2 Å². The summed E-state index contributed by atoms with van der Waals surface area (Å²) in [6.07, 6.45) is 0.709. The minimum absolute atomic E-state index is 0.120. The molecule has 0 fully saturated rings. The van der Waals surface area contributed by atoms with Gasteiger partial charge in [0.2, 0.25) is 5.91 Å². The van der Waals surface area contributed by atoms with Crippen molar-refractivity contribution < 1.29 is 9.90 Å². The second-order valence-corrected chi connectivity index (χ2v) is 5.86. The fourth-order valence-electron chi connectivity index (χ4n) is 2.21. The van der Waals surface area contributed by atoms with Gasteiger partial charge in [0.1, 0.15) is 5.75 Å². The van der Waals surface area contributed by atoms with Crippen molar-refractivity contribution in [2.75, 3.05) is 0 Å². The third-order valence-electron chi connectivity index (χ3n) is 3.42. The number of nitrogens with two attached hydrogens (primary N) is 2. The highest BCUT2D eigenvalue weighted by atomic mass is 35.5. The maximum atomic E-state index is 11.2. The fourth-order valence-corrected chi connectivity index (χ4v) is 2.74. The fraction of sp³-hybridized carbons (Fsp3) is 0.188. The molecule has 0 saturated heterocycles. The Morgan fingerprint density at radius 2 is 1.77 bits per heavy atom. The summed E-state index contributed by atoms with van der Waals surface area (Å²) >= 11 is 12.4. The smallest absolute Gasteiger partial charge is 0.234 e. The molecule has 6 heteroatoms. The van der Waals surface area contributed by atoms with Crippen LogP contribution in [0.25, 0.3) is 0 Å². The number of aromatic hydroxyl groups is 1. The number of primary amides is 1. The predicted molar refractivity (Wildman–Crippen MR) is 88.2 cm³/mol. The molecule has 1 amide bonds. The van der Waals surface area contributed by atoms with Crippen LogP contribution in [0.1, 0.15) is 16.7 Å². The highest BCUT2D eigenvalue weighted by molar-refractivity contribution is 6.36. The molecular formula is C16H16Cl2N2O2. The van der Waals surface area contributed by atoms with E-state index in [1.54, 1.807) is 36.4 Å². The van der Waals surface area contributed by atoms with Gasteiger partial charge < -0.3 is 16.6 Å². The molecule has 0 aliphatic heterocycles. The van der Waals surface area contributed by atoms with Crippen LogP contribution in [0.4, 0.5) is 0 Å². The van der Waals surface area contributed by atoms with Gasteiger partial charge in [0.05, 0.1) is 6.04 Å². The van der Waals surface area contributed by atoms with Gasteiger partial charge in [-0.1, -0.05) is 35.3 Å². The van der Waals surface area contributed by atoms with Crippen molar-refractivity contribution in [1.82, 2.24) is 0 Å². The summed E-state index contributed by atoms with van der Waals surface area (Å²) in [5.74, 6) is -0.454. The van der Waals surface area contributed by atoms with Crippen molar-refractivity contribution in [3.05, 3.63) is 63.1 Å². The number of benzene rings is 2. The van der Waals surface area contributed by atoms with E-state index in [0.29, 0.717) is 16.5 Å². The van der Waals surface area contributed by atoms with Crippen LogP contribution in [0, 0.1) is 0 Å². The van der Waals surface area contributed by atoms with Crippen molar-refractivity contribution in [3.8, 4) is 5.75 Å². The molecule has 1 atom stereocenters. The minimum atomic E-state index is -0.787. The van der Waals surface area contributed by atoms with E-state index in [-0.39, 0.29) is 12.2 Å². The number of amides is 1. The van der Waals surface area contributed by atoms with Crippen LogP contribution in [-0.4, -0.2) is 17.1 Å². The van der Waals surface area contributed by atoms with Crippen LogP contribution in [-0.2, 0) is 17.6 Å². The van der Waals surface area contributed by atoms with Crippen molar-refractivity contribution in [1.29, 1.82) is 0 Å². The average molecular weight is 339 g/mol. The van der Waals surface area contributed by atoms with E-state index in [9.17, 15) is 9.90 Å². The molecular weight excluding hydrogens is 323 g/mol. The highest BCUT2D eigenvalue weighted by Gasteiger charge is 2.15. The minimum Gasteiger partial charge on any atom is -0.508 e. The van der Waals surface area contributed by atoms with Crippen LogP contribution in [0.2, 0.25) is 10.0 Å². The van der Waals surface area contributed by atoms with E-state index >= 15 is 0 Å². The van der Waals surface area contributed by atoms with Crippen molar-refractivity contribution in [2.24, 2.45) is 11.5 Å². The molecule has 0 aromatic heterocycles. The lowest BCUT2D eigenvalue weighted by molar-refractivity contribution is -0.119. The molecule has 0 radical (unpaired) electrons. The van der Waals surface area contributed by atoms with Gasteiger partial charge in [-0.05, 0) is 47.4 Å². The lowest BCUT2D eigenvalue weighted by Gasteiger charge is -2.14. The monoisotopic (exact) mass is 338 g/mol. The number of phenols is 1. The van der Waals surface area contributed by atoms with Gasteiger partial charge >= 0.3 is 0 Å². The maximum Gasteiger partial charge on any atom is 0.234 e. The third-order valence-corrected chi connectivity index (χ3v) is 4.13. The molecule has 0 aliphatic rings. The predicted octanol–water partition coefficient (Wildman–Crippen LogP) is 2.64. The standard InChI is InChI=1S/C16H16Cl2N2O2/c17-13-2-1-3-14(18)12(13)7-10-6-11(21)5-4-9(10)8-15(19)16(20)22/h1-6,15,21H,7-8,19H2,(H2,20,22)/t15-/m0/s1. The summed E-state index contributed by atoms with van der Waals surface area (Å²) in [7, 11) is 0. The molecule has 4 nitrogen and oxygen atoms in total. The second kappa shape index (κ2) is 7.01. The number of carbonyl (C=O) groups is 1. The van der Waals surface area contributed by atoms with Gasteiger partial charge in [-0.2, -0.15) is 0 Å². The molecule has 0 aliphatic carbocycles. The van der Waals surface area contributed by atoms with Crippen molar-refractivity contribution in [2.45, 2.75) is 18.9 Å². The molecule has 0 heterocycles. The zero-order valence-corrected chi connectivity index (χ0v) is 13.2. The first-order valence-corrected chi connectivity index (χ1v) is 7.42. The molecule has 116 valence electrons. The number of hydrogen-bond donors (Lipinski definition) is 3. The largest absolute Gasteiger partial charge is 0.508 e. The Morgan fingerprint density at radius 1 is 1.14 bits per heavy atom. The summed E-state index contributed by atoms with van der Waals surface area (Å²) in [4.78, 5) is 11.2. The Hall–Kier alpha value is -1.75. The van der Waals surface area contributed by atoms with E-state index in [0.717, 1.165) is 16.7 Å².